The molecule has 0 aliphatic rings. The van der Waals surface area contributed by atoms with E-state index in [4.69, 9.17) is 17.3 Å². The number of anilines is 1. The maximum atomic E-state index is 12.7. The number of alkyl halides is 3. The molecule has 0 aliphatic carbocycles. The number of sulfonamides is 1. The van der Waals surface area contributed by atoms with E-state index in [-0.39, 0.29) is 58.4 Å². The predicted octanol–water partition coefficient (Wildman–Crippen LogP) is 3.55. The van der Waals surface area contributed by atoms with Crippen molar-refractivity contribution in [2.45, 2.75) is 30.3 Å². The van der Waals surface area contributed by atoms with E-state index < -0.39 is 38.5 Å². The Hall–Kier alpha value is -4.28. The highest BCUT2D eigenvalue weighted by Gasteiger charge is 2.31. The first-order valence-corrected chi connectivity index (χ1v) is 13.5. The molecule has 0 spiro atoms. The van der Waals surface area contributed by atoms with Gasteiger partial charge >= 0.3 is 6.18 Å². The summed E-state index contributed by atoms with van der Waals surface area (Å²) in [5.74, 6) is -1.60. The van der Waals surface area contributed by atoms with Crippen molar-refractivity contribution in [3.8, 4) is 0 Å². The zero-order chi connectivity index (χ0) is 30.4. The molecule has 0 atom stereocenters. The number of hydrazine groups is 1. The van der Waals surface area contributed by atoms with Crippen LogP contribution in [-0.4, -0.2) is 36.7 Å². The van der Waals surface area contributed by atoms with Crippen LogP contribution in [0.4, 0.5) is 24.7 Å². The number of carbonyl (C=O) groups is 2. The van der Waals surface area contributed by atoms with Crippen molar-refractivity contribution in [3.05, 3.63) is 92.1 Å². The maximum Gasteiger partial charge on any atom is 0.417 e. The Labute approximate surface area is 236 Å². The number of nitro groups is 1. The monoisotopic (exact) mass is 614 g/mol. The first kappa shape index (κ1) is 31.3. The Bertz CT molecular complexity index is 1550. The van der Waals surface area contributed by atoms with Crippen LogP contribution < -0.4 is 21.3 Å². The molecule has 1 aromatic heterocycles. The molecule has 3 rings (SSSR count). The molecule has 41 heavy (non-hydrogen) atoms. The highest BCUT2D eigenvalue weighted by Crippen LogP contribution is 2.32. The van der Waals surface area contributed by atoms with E-state index in [0.717, 1.165) is 0 Å². The first-order chi connectivity index (χ1) is 19.2. The lowest BCUT2D eigenvalue weighted by molar-refractivity contribution is -0.385. The van der Waals surface area contributed by atoms with E-state index in [9.17, 15) is 41.3 Å². The van der Waals surface area contributed by atoms with E-state index in [2.05, 4.69) is 15.7 Å². The van der Waals surface area contributed by atoms with Gasteiger partial charge in [0.05, 0.1) is 20.4 Å². The quantitative estimate of drug-likeness (QED) is 0.135. The molecule has 1 heterocycles. The number of nitro benzene ring substituents is 1. The third-order valence-corrected chi connectivity index (χ3v) is 7.10. The van der Waals surface area contributed by atoms with Gasteiger partial charge in [0.25, 0.3) is 15.7 Å². The molecule has 0 aliphatic heterocycles. The largest absolute Gasteiger partial charge is 0.417 e. The van der Waals surface area contributed by atoms with Crippen LogP contribution in [0.15, 0.2) is 59.6 Å². The number of amides is 2. The van der Waals surface area contributed by atoms with Gasteiger partial charge < -0.3 is 11.1 Å². The molecule has 5 N–H and O–H groups in total. The highest BCUT2D eigenvalue weighted by atomic mass is 35.5. The van der Waals surface area contributed by atoms with Crippen LogP contribution >= 0.6 is 11.6 Å². The number of nitrogens with two attached hydrogens (primary N) is 1. The Kier molecular flexibility index (Phi) is 9.85. The summed E-state index contributed by atoms with van der Waals surface area (Å²) in [5.41, 5.74) is 6.28. The molecular weight excluding hydrogens is 593 g/mol. The molecule has 0 saturated carbocycles. The summed E-state index contributed by atoms with van der Waals surface area (Å²) >= 11 is 5.80. The highest BCUT2D eigenvalue weighted by molar-refractivity contribution is 7.89. The number of primary amides is 1. The molecule has 3 aromatic rings. The number of aromatic nitrogens is 1. The molecule has 17 heteroatoms. The van der Waals surface area contributed by atoms with Crippen molar-refractivity contribution < 1.29 is 36.1 Å². The van der Waals surface area contributed by atoms with Crippen LogP contribution in [0.25, 0.3) is 0 Å². The molecule has 2 aromatic carbocycles. The number of rotatable bonds is 12. The summed E-state index contributed by atoms with van der Waals surface area (Å²) in [5, 5.41) is 13.9. The number of carbonyl (C=O) groups excluding carboxylic acids is 2. The standard InChI is InChI=1S/C24H22ClF3N6O6S/c25-19-12-15(24(26,27)28)13-31-23(19)30-9-3-8-21(35)32-33-41(39,40)16-5-1-4-14(10-16)11-18-17(22(29)36)6-2-7-20(18)34(37)38/h1-2,4-7,10,12-13,33H,3,8-9,11H2,(H2,29,36)(H,30,31)(H,32,35). The zero-order valence-corrected chi connectivity index (χ0v) is 22.4. The molecular formula is C24H22ClF3N6O6S. The maximum absolute atomic E-state index is 12.7. The third-order valence-electron chi connectivity index (χ3n) is 5.57. The van der Waals surface area contributed by atoms with Gasteiger partial charge in [0.1, 0.15) is 5.82 Å². The van der Waals surface area contributed by atoms with Gasteiger partial charge in [-0.2, -0.15) is 13.2 Å². The van der Waals surface area contributed by atoms with Gasteiger partial charge in [-0.05, 0) is 36.2 Å². The van der Waals surface area contributed by atoms with Crippen LogP contribution in [0.1, 0.15) is 39.9 Å². The predicted molar refractivity (Wildman–Crippen MR) is 141 cm³/mol. The summed E-state index contributed by atoms with van der Waals surface area (Å²) in [4.78, 5) is 40.0. The van der Waals surface area contributed by atoms with Gasteiger partial charge in [-0.3, -0.25) is 25.1 Å². The van der Waals surface area contributed by atoms with Gasteiger partial charge in [0.2, 0.25) is 11.8 Å². The second kappa shape index (κ2) is 12.9. The van der Waals surface area contributed by atoms with Crippen molar-refractivity contribution in [3.63, 3.8) is 0 Å². The second-order valence-corrected chi connectivity index (χ2v) is 10.6. The van der Waals surface area contributed by atoms with Gasteiger partial charge in [-0.1, -0.05) is 29.8 Å². The van der Waals surface area contributed by atoms with Crippen molar-refractivity contribution >= 4 is 44.9 Å². The molecule has 218 valence electrons. The number of pyridine rings is 1. The minimum Gasteiger partial charge on any atom is -0.369 e. The van der Waals surface area contributed by atoms with E-state index >= 15 is 0 Å². The van der Waals surface area contributed by atoms with Gasteiger partial charge in [0.15, 0.2) is 0 Å². The number of hydrogen-bond donors (Lipinski definition) is 4. The van der Waals surface area contributed by atoms with Crippen LogP contribution in [0.3, 0.4) is 0 Å². The van der Waals surface area contributed by atoms with E-state index in [1.807, 2.05) is 4.83 Å². The zero-order valence-electron chi connectivity index (χ0n) is 20.9. The summed E-state index contributed by atoms with van der Waals surface area (Å²) in [7, 11) is -4.26. The first-order valence-electron chi connectivity index (χ1n) is 11.6. The fourth-order valence-electron chi connectivity index (χ4n) is 3.61. The number of nitrogens with one attached hydrogen (secondary N) is 3. The Morgan fingerprint density at radius 3 is 2.46 bits per heavy atom. The summed E-state index contributed by atoms with van der Waals surface area (Å²) in [6.45, 7) is 0.0964. The smallest absolute Gasteiger partial charge is 0.369 e. The van der Waals surface area contributed by atoms with E-state index in [0.29, 0.717) is 17.8 Å². The average molecular weight is 615 g/mol. The summed E-state index contributed by atoms with van der Waals surface area (Å²) < 4.78 is 63.5. The molecule has 12 nitrogen and oxygen atoms in total. The average Bonchev–Trinajstić information content (AvgIpc) is 2.90. The minimum atomic E-state index is -4.60. The molecule has 0 radical (unpaired) electrons. The van der Waals surface area contributed by atoms with Crippen molar-refractivity contribution in [2.75, 3.05) is 11.9 Å². The third kappa shape index (κ3) is 8.36. The topological polar surface area (TPSA) is 186 Å². The number of benzene rings is 2. The van der Waals surface area contributed by atoms with Gasteiger partial charge in [0, 0.05) is 42.8 Å². The van der Waals surface area contributed by atoms with Crippen LogP contribution in [-0.2, 0) is 27.4 Å². The molecule has 0 saturated heterocycles. The lowest BCUT2D eigenvalue weighted by Crippen LogP contribution is -2.41. The van der Waals surface area contributed by atoms with Crippen molar-refractivity contribution in [1.29, 1.82) is 0 Å². The Morgan fingerprint density at radius 2 is 1.83 bits per heavy atom. The lowest BCUT2D eigenvalue weighted by atomic mass is 9.97. The van der Waals surface area contributed by atoms with Gasteiger partial charge in [-0.15, -0.1) is 4.83 Å². The minimum absolute atomic E-state index is 0.00977. The SMILES string of the molecule is NC(=O)c1cccc([N+](=O)[O-])c1Cc1cccc(S(=O)(=O)NNC(=O)CCCNc2ncc(C(F)(F)F)cc2Cl)c1. The Morgan fingerprint density at radius 1 is 1.12 bits per heavy atom. The number of nitrogens with zero attached hydrogens (tertiary/aromatic N) is 2. The van der Waals surface area contributed by atoms with Crippen LogP contribution in [0.2, 0.25) is 5.02 Å². The van der Waals surface area contributed by atoms with Crippen molar-refractivity contribution in [2.24, 2.45) is 5.73 Å². The second-order valence-electron chi connectivity index (χ2n) is 8.48. The molecule has 2 amide bonds. The number of hydrogen-bond acceptors (Lipinski definition) is 8. The molecule has 0 fully saturated rings. The van der Waals surface area contributed by atoms with Crippen molar-refractivity contribution in [1.82, 2.24) is 15.2 Å². The van der Waals surface area contributed by atoms with Gasteiger partial charge in [-0.25, -0.2) is 13.4 Å². The summed E-state index contributed by atoms with van der Waals surface area (Å²) in [6.07, 6.45) is -4.17. The Balaban J connectivity index is 1.58. The van der Waals surface area contributed by atoms with E-state index in [1.54, 1.807) is 0 Å². The fraction of sp³-hybridized carbons (Fsp3) is 0.208. The normalized spacial score (nSPS) is 11.6. The summed E-state index contributed by atoms with van der Waals surface area (Å²) in [6, 6.07) is 9.89. The lowest BCUT2D eigenvalue weighted by Gasteiger charge is -2.12. The van der Waals surface area contributed by atoms with Crippen LogP contribution in [0, 0.1) is 10.1 Å². The molecule has 0 bridgehead atoms. The number of halogens is 4. The molecule has 0 unspecified atom stereocenters. The van der Waals surface area contributed by atoms with E-state index in [1.165, 1.54) is 42.5 Å². The fourth-order valence-corrected chi connectivity index (χ4v) is 4.78. The van der Waals surface area contributed by atoms with Crippen LogP contribution in [0.5, 0.6) is 0 Å².